The van der Waals surface area contributed by atoms with Gasteiger partial charge in [0.1, 0.15) is 6.26 Å². The summed E-state index contributed by atoms with van der Waals surface area (Å²) in [4.78, 5) is 4.56. The van der Waals surface area contributed by atoms with Crippen LogP contribution in [0.1, 0.15) is 5.69 Å². The number of rotatable bonds is 7. The summed E-state index contributed by atoms with van der Waals surface area (Å²) in [6.45, 7) is 3.87. The third-order valence-corrected chi connectivity index (χ3v) is 5.77. The number of benzene rings is 2. The molecule has 0 aliphatic carbocycles. The van der Waals surface area contributed by atoms with Crippen molar-refractivity contribution >= 4 is 21.6 Å². The van der Waals surface area contributed by atoms with Crippen molar-refractivity contribution in [2.45, 2.75) is 11.4 Å². The predicted molar refractivity (Wildman–Crippen MR) is 101 cm³/mol. The Bertz CT molecular complexity index is 983. The van der Waals surface area contributed by atoms with Crippen molar-refractivity contribution in [1.29, 1.82) is 0 Å². The molecule has 3 rings (SSSR count). The van der Waals surface area contributed by atoms with Gasteiger partial charge in [0.25, 0.3) is 0 Å². The Balaban J connectivity index is 1.86. The van der Waals surface area contributed by atoms with Gasteiger partial charge in [-0.15, -0.1) is 6.58 Å². The highest BCUT2D eigenvalue weighted by molar-refractivity contribution is 7.89. The lowest BCUT2D eigenvalue weighted by Gasteiger charge is -2.19. The van der Waals surface area contributed by atoms with E-state index in [1.807, 2.05) is 30.3 Å². The first-order chi connectivity index (χ1) is 12.5. The maximum absolute atomic E-state index is 12.9. The topological polar surface area (TPSA) is 63.4 Å². The monoisotopic (exact) mass is 388 g/mol. The Morgan fingerprint density at radius 1 is 1.12 bits per heavy atom. The summed E-state index contributed by atoms with van der Waals surface area (Å²) in [5.41, 5.74) is 1.35. The van der Waals surface area contributed by atoms with Gasteiger partial charge in [0.15, 0.2) is 0 Å². The Hall–Kier alpha value is -2.41. The second-order valence-electron chi connectivity index (χ2n) is 5.55. The summed E-state index contributed by atoms with van der Waals surface area (Å²) in [5.74, 6) is 0.447. The Labute approximate surface area is 157 Å². The van der Waals surface area contributed by atoms with Crippen molar-refractivity contribution < 1.29 is 12.8 Å². The highest BCUT2D eigenvalue weighted by Gasteiger charge is 2.25. The fraction of sp³-hybridized carbons (Fsp3) is 0.105. The van der Waals surface area contributed by atoms with Crippen molar-refractivity contribution in [3.63, 3.8) is 0 Å². The van der Waals surface area contributed by atoms with Crippen molar-refractivity contribution in [3.8, 4) is 11.5 Å². The number of sulfonamides is 1. The van der Waals surface area contributed by atoms with Crippen molar-refractivity contribution in [2.24, 2.45) is 0 Å². The minimum atomic E-state index is -3.71. The standard InChI is InChI=1S/C19H17ClN2O3S/c1-2-12-22(26(23,24)18-10-8-16(20)9-11-18)13-17-14-25-19(21-17)15-6-4-3-5-7-15/h2-11,14H,1,12-13H2. The summed E-state index contributed by atoms with van der Waals surface area (Å²) >= 11 is 5.85. The zero-order valence-corrected chi connectivity index (χ0v) is 15.4. The number of nitrogens with zero attached hydrogens (tertiary/aromatic N) is 2. The SMILES string of the molecule is C=CCN(Cc1coc(-c2ccccc2)n1)S(=O)(=O)c1ccc(Cl)cc1. The van der Waals surface area contributed by atoms with E-state index >= 15 is 0 Å². The Kier molecular flexibility index (Phi) is 5.56. The number of hydrogen-bond donors (Lipinski definition) is 0. The fourth-order valence-electron chi connectivity index (χ4n) is 2.42. The largest absolute Gasteiger partial charge is 0.444 e. The molecular weight excluding hydrogens is 372 g/mol. The summed E-state index contributed by atoms with van der Waals surface area (Å²) in [5, 5.41) is 0.475. The third kappa shape index (κ3) is 4.04. The second-order valence-corrected chi connectivity index (χ2v) is 7.92. The molecule has 0 bridgehead atoms. The fourth-order valence-corrected chi connectivity index (χ4v) is 3.93. The van der Waals surface area contributed by atoms with Crippen LogP contribution < -0.4 is 0 Å². The average molecular weight is 389 g/mol. The molecule has 3 aromatic rings. The van der Waals surface area contributed by atoms with Crippen molar-refractivity contribution in [1.82, 2.24) is 9.29 Å². The molecule has 7 heteroatoms. The molecule has 0 saturated carbocycles. The van der Waals surface area contributed by atoms with Gasteiger partial charge in [-0.25, -0.2) is 13.4 Å². The minimum Gasteiger partial charge on any atom is -0.444 e. The van der Waals surface area contributed by atoms with Gasteiger partial charge in [-0.3, -0.25) is 0 Å². The third-order valence-electron chi connectivity index (χ3n) is 3.69. The lowest BCUT2D eigenvalue weighted by atomic mass is 10.2. The van der Waals surface area contributed by atoms with Crippen LogP contribution in [0.15, 0.2) is 82.8 Å². The van der Waals surface area contributed by atoms with Crippen LogP contribution in [-0.2, 0) is 16.6 Å². The molecule has 0 aliphatic heterocycles. The molecule has 0 unspecified atom stereocenters. The average Bonchev–Trinajstić information content (AvgIpc) is 3.11. The first-order valence-electron chi connectivity index (χ1n) is 7.87. The molecular formula is C19H17ClN2O3S. The van der Waals surface area contributed by atoms with Crippen molar-refractivity contribution in [3.05, 3.63) is 84.2 Å². The summed E-state index contributed by atoms with van der Waals surface area (Å²) in [6.07, 6.45) is 3.00. The van der Waals surface area contributed by atoms with Crippen LogP contribution in [0.3, 0.4) is 0 Å². The highest BCUT2D eigenvalue weighted by atomic mass is 35.5. The normalized spacial score (nSPS) is 11.6. The van der Waals surface area contributed by atoms with Gasteiger partial charge in [0, 0.05) is 17.1 Å². The molecule has 1 aromatic heterocycles. The van der Waals surface area contributed by atoms with Gasteiger partial charge in [-0.05, 0) is 36.4 Å². The molecule has 0 saturated heterocycles. The van der Waals surface area contributed by atoms with E-state index in [1.54, 1.807) is 12.1 Å². The second kappa shape index (κ2) is 7.86. The maximum Gasteiger partial charge on any atom is 0.243 e. The van der Waals surface area contributed by atoms with Crippen LogP contribution in [0.25, 0.3) is 11.5 Å². The van der Waals surface area contributed by atoms with E-state index in [9.17, 15) is 8.42 Å². The Morgan fingerprint density at radius 2 is 1.81 bits per heavy atom. The molecule has 2 aromatic carbocycles. The molecule has 5 nitrogen and oxygen atoms in total. The zero-order valence-electron chi connectivity index (χ0n) is 13.9. The Morgan fingerprint density at radius 3 is 2.46 bits per heavy atom. The number of hydrogen-bond acceptors (Lipinski definition) is 4. The van der Waals surface area contributed by atoms with Crippen LogP contribution in [0.2, 0.25) is 5.02 Å². The van der Waals surface area contributed by atoms with E-state index in [2.05, 4.69) is 11.6 Å². The van der Waals surface area contributed by atoms with Crippen LogP contribution in [0.4, 0.5) is 0 Å². The summed E-state index contributed by atoms with van der Waals surface area (Å²) in [6, 6.07) is 15.5. The van der Waals surface area contributed by atoms with Crippen LogP contribution in [0.5, 0.6) is 0 Å². The molecule has 0 N–H and O–H groups in total. The van der Waals surface area contributed by atoms with E-state index in [-0.39, 0.29) is 18.0 Å². The van der Waals surface area contributed by atoms with E-state index in [0.717, 1.165) is 5.56 Å². The predicted octanol–water partition coefficient (Wildman–Crippen LogP) is 4.37. The lowest BCUT2D eigenvalue weighted by molar-refractivity contribution is 0.433. The molecule has 0 amide bonds. The molecule has 0 radical (unpaired) electrons. The van der Waals surface area contributed by atoms with Gasteiger partial charge in [0.2, 0.25) is 15.9 Å². The van der Waals surface area contributed by atoms with E-state index in [4.69, 9.17) is 16.0 Å². The first-order valence-corrected chi connectivity index (χ1v) is 9.69. The van der Waals surface area contributed by atoms with E-state index in [0.29, 0.717) is 16.6 Å². The summed E-state index contributed by atoms with van der Waals surface area (Å²) in [7, 11) is -3.71. The van der Waals surface area contributed by atoms with Gasteiger partial charge in [0.05, 0.1) is 17.1 Å². The van der Waals surface area contributed by atoms with E-state index in [1.165, 1.54) is 28.8 Å². The van der Waals surface area contributed by atoms with E-state index < -0.39 is 10.0 Å². The maximum atomic E-state index is 12.9. The lowest BCUT2D eigenvalue weighted by Crippen LogP contribution is -2.31. The van der Waals surface area contributed by atoms with Crippen LogP contribution >= 0.6 is 11.6 Å². The molecule has 0 aliphatic rings. The van der Waals surface area contributed by atoms with Gasteiger partial charge in [-0.1, -0.05) is 35.9 Å². The highest BCUT2D eigenvalue weighted by Crippen LogP contribution is 2.22. The zero-order chi connectivity index (χ0) is 18.6. The number of aromatic nitrogens is 1. The molecule has 0 fully saturated rings. The van der Waals surface area contributed by atoms with Gasteiger partial charge >= 0.3 is 0 Å². The molecule has 0 atom stereocenters. The molecule has 1 heterocycles. The van der Waals surface area contributed by atoms with Crippen LogP contribution in [-0.4, -0.2) is 24.3 Å². The number of oxazole rings is 1. The molecule has 0 spiro atoms. The number of halogens is 1. The van der Waals surface area contributed by atoms with Crippen molar-refractivity contribution in [2.75, 3.05) is 6.54 Å². The van der Waals surface area contributed by atoms with Gasteiger partial charge in [-0.2, -0.15) is 4.31 Å². The smallest absolute Gasteiger partial charge is 0.243 e. The first kappa shape index (κ1) is 18.4. The van der Waals surface area contributed by atoms with Crippen LogP contribution in [0, 0.1) is 0 Å². The molecule has 26 heavy (non-hydrogen) atoms. The summed E-state index contributed by atoms with van der Waals surface area (Å²) < 4.78 is 32.6. The van der Waals surface area contributed by atoms with Gasteiger partial charge < -0.3 is 4.42 Å². The molecule has 134 valence electrons. The quantitative estimate of drug-likeness (QED) is 0.564. The minimum absolute atomic E-state index is 0.0767.